The van der Waals surface area contributed by atoms with E-state index in [4.69, 9.17) is 9.47 Å². The Hall–Kier alpha value is -1.82. The lowest BCUT2D eigenvalue weighted by Gasteiger charge is -2.29. The standard InChI is InChI=1S/C17H20O4S/c1-4-5-6-7-9-15(22(3)19)11-12-16-17(21-14(2)18)10-8-13-20-16/h9,11-12,16-17H,8,10,13H2,1-3H3/b12-11+,15-9-/t16-,17+,22+/m0/s1. The second kappa shape index (κ2) is 10.00. The SMILES string of the molecule is CC#CC#C/C=C(/C=C/[C@@H]1OCCC[C@H]1OC(C)=O)[S@@](C)=O. The molecule has 0 radical (unpaired) electrons. The summed E-state index contributed by atoms with van der Waals surface area (Å²) >= 11 is 0. The molecular formula is C17H20O4S. The molecule has 0 aromatic heterocycles. The van der Waals surface area contributed by atoms with Gasteiger partial charge in [-0.25, -0.2) is 0 Å². The maximum Gasteiger partial charge on any atom is 0.303 e. The summed E-state index contributed by atoms with van der Waals surface area (Å²) < 4.78 is 22.6. The van der Waals surface area contributed by atoms with E-state index in [1.54, 1.807) is 31.4 Å². The molecular weight excluding hydrogens is 300 g/mol. The van der Waals surface area contributed by atoms with Gasteiger partial charge in [0.2, 0.25) is 0 Å². The summed E-state index contributed by atoms with van der Waals surface area (Å²) in [6.07, 6.45) is 7.61. The molecule has 118 valence electrons. The minimum absolute atomic E-state index is 0.300. The molecule has 1 rings (SSSR count). The number of allylic oxidation sites excluding steroid dienone is 2. The first kappa shape index (κ1) is 18.2. The first-order chi connectivity index (χ1) is 10.5. The van der Waals surface area contributed by atoms with Crippen molar-refractivity contribution < 1.29 is 18.5 Å². The normalized spacial score (nSPS) is 23.0. The summed E-state index contributed by atoms with van der Waals surface area (Å²) in [6, 6.07) is 0. The predicted molar refractivity (Wildman–Crippen MR) is 87.0 cm³/mol. The van der Waals surface area contributed by atoms with Gasteiger partial charge in [0.15, 0.2) is 0 Å². The topological polar surface area (TPSA) is 52.6 Å². The molecule has 1 fully saturated rings. The van der Waals surface area contributed by atoms with Gasteiger partial charge in [0, 0.05) is 30.8 Å². The van der Waals surface area contributed by atoms with Crippen molar-refractivity contribution in [3.8, 4) is 23.7 Å². The van der Waals surface area contributed by atoms with E-state index < -0.39 is 10.8 Å². The average Bonchev–Trinajstić information content (AvgIpc) is 2.47. The number of esters is 1. The lowest BCUT2D eigenvalue weighted by atomic mass is 10.0. The van der Waals surface area contributed by atoms with Gasteiger partial charge in [-0.2, -0.15) is 0 Å². The van der Waals surface area contributed by atoms with E-state index >= 15 is 0 Å². The smallest absolute Gasteiger partial charge is 0.303 e. The number of carbonyl (C=O) groups is 1. The Morgan fingerprint density at radius 2 is 2.18 bits per heavy atom. The molecule has 1 aliphatic rings. The van der Waals surface area contributed by atoms with Gasteiger partial charge in [-0.15, -0.1) is 0 Å². The second-order valence-electron chi connectivity index (χ2n) is 4.63. The molecule has 3 atom stereocenters. The van der Waals surface area contributed by atoms with Crippen molar-refractivity contribution in [2.24, 2.45) is 0 Å². The van der Waals surface area contributed by atoms with Gasteiger partial charge >= 0.3 is 5.97 Å². The highest BCUT2D eigenvalue weighted by molar-refractivity contribution is 7.88. The van der Waals surface area contributed by atoms with Crippen LogP contribution >= 0.6 is 0 Å². The van der Waals surface area contributed by atoms with Crippen LogP contribution in [0, 0.1) is 23.7 Å². The van der Waals surface area contributed by atoms with Crippen molar-refractivity contribution in [3.05, 3.63) is 23.1 Å². The highest BCUT2D eigenvalue weighted by Gasteiger charge is 2.26. The Kier molecular flexibility index (Phi) is 8.28. The van der Waals surface area contributed by atoms with Gasteiger partial charge in [-0.1, -0.05) is 17.9 Å². The predicted octanol–water partition coefficient (Wildman–Crippen LogP) is 1.94. The summed E-state index contributed by atoms with van der Waals surface area (Å²) in [5.74, 6) is 10.3. The third-order valence-electron chi connectivity index (χ3n) is 2.88. The van der Waals surface area contributed by atoms with Crippen LogP contribution in [0.5, 0.6) is 0 Å². The minimum Gasteiger partial charge on any atom is -0.459 e. The van der Waals surface area contributed by atoms with Crippen molar-refractivity contribution in [2.45, 2.75) is 38.9 Å². The van der Waals surface area contributed by atoms with Crippen molar-refractivity contribution >= 4 is 16.8 Å². The van der Waals surface area contributed by atoms with Crippen LogP contribution in [0.3, 0.4) is 0 Å². The molecule has 0 spiro atoms. The number of carbonyl (C=O) groups excluding carboxylic acids is 1. The summed E-state index contributed by atoms with van der Waals surface area (Å²) in [5.41, 5.74) is 0. The fourth-order valence-electron chi connectivity index (χ4n) is 1.92. The van der Waals surface area contributed by atoms with Gasteiger partial charge in [0.05, 0.1) is 10.8 Å². The van der Waals surface area contributed by atoms with Crippen LogP contribution in [0.15, 0.2) is 23.1 Å². The first-order valence-corrected chi connectivity index (χ1v) is 8.53. The fraction of sp³-hybridized carbons (Fsp3) is 0.471. The van der Waals surface area contributed by atoms with Crippen LogP contribution in [-0.4, -0.2) is 35.2 Å². The van der Waals surface area contributed by atoms with Crippen molar-refractivity contribution in [3.63, 3.8) is 0 Å². The molecule has 0 N–H and O–H groups in total. The Bertz CT molecular complexity index is 596. The van der Waals surface area contributed by atoms with Crippen molar-refractivity contribution in [1.29, 1.82) is 0 Å². The maximum absolute atomic E-state index is 11.7. The molecule has 1 saturated heterocycles. The maximum atomic E-state index is 11.7. The van der Waals surface area contributed by atoms with Crippen LogP contribution in [0.1, 0.15) is 26.7 Å². The molecule has 0 bridgehead atoms. The zero-order chi connectivity index (χ0) is 16.4. The Morgan fingerprint density at radius 1 is 1.41 bits per heavy atom. The first-order valence-electron chi connectivity index (χ1n) is 6.97. The number of rotatable bonds is 4. The molecule has 0 saturated carbocycles. The highest BCUT2D eigenvalue weighted by atomic mass is 32.2. The van der Waals surface area contributed by atoms with E-state index in [2.05, 4.69) is 23.7 Å². The lowest BCUT2D eigenvalue weighted by Crippen LogP contribution is -2.36. The highest BCUT2D eigenvalue weighted by Crippen LogP contribution is 2.19. The summed E-state index contributed by atoms with van der Waals surface area (Å²) in [7, 11) is -1.17. The van der Waals surface area contributed by atoms with Crippen LogP contribution < -0.4 is 0 Å². The van der Waals surface area contributed by atoms with Crippen LogP contribution in [0.2, 0.25) is 0 Å². The van der Waals surface area contributed by atoms with E-state index in [-0.39, 0.29) is 18.2 Å². The largest absolute Gasteiger partial charge is 0.459 e. The van der Waals surface area contributed by atoms with Crippen molar-refractivity contribution in [2.75, 3.05) is 12.9 Å². The molecule has 4 nitrogen and oxygen atoms in total. The molecule has 0 aliphatic carbocycles. The van der Waals surface area contributed by atoms with E-state index in [9.17, 15) is 9.00 Å². The molecule has 22 heavy (non-hydrogen) atoms. The molecule has 0 aromatic rings. The monoisotopic (exact) mass is 320 g/mol. The quantitative estimate of drug-likeness (QED) is 0.451. The van der Waals surface area contributed by atoms with Crippen LogP contribution in [-0.2, 0) is 25.1 Å². The minimum atomic E-state index is -1.17. The Balaban J connectivity index is 2.83. The average molecular weight is 320 g/mol. The van der Waals surface area contributed by atoms with Gasteiger partial charge in [0.25, 0.3) is 0 Å². The zero-order valence-corrected chi connectivity index (χ0v) is 13.9. The molecule has 1 aliphatic heterocycles. The van der Waals surface area contributed by atoms with E-state index in [1.165, 1.54) is 6.92 Å². The fourth-order valence-corrected chi connectivity index (χ4v) is 2.41. The molecule has 0 aromatic carbocycles. The third-order valence-corrected chi connectivity index (χ3v) is 3.80. The Morgan fingerprint density at radius 3 is 2.82 bits per heavy atom. The summed E-state index contributed by atoms with van der Waals surface area (Å²) in [5, 5.41) is 0. The molecule has 0 amide bonds. The Labute approximate surface area is 134 Å². The van der Waals surface area contributed by atoms with E-state index in [0.717, 1.165) is 12.8 Å². The molecule has 1 heterocycles. The van der Waals surface area contributed by atoms with Crippen LogP contribution in [0.4, 0.5) is 0 Å². The summed E-state index contributed by atoms with van der Waals surface area (Å²) in [4.78, 5) is 11.7. The lowest BCUT2D eigenvalue weighted by molar-refractivity contribution is -0.157. The summed E-state index contributed by atoms with van der Waals surface area (Å²) in [6.45, 7) is 3.70. The van der Waals surface area contributed by atoms with Gasteiger partial charge in [0.1, 0.15) is 12.2 Å². The second-order valence-corrected chi connectivity index (χ2v) is 6.01. The number of hydrogen-bond donors (Lipinski definition) is 0. The third kappa shape index (κ3) is 6.76. The molecule has 5 heteroatoms. The van der Waals surface area contributed by atoms with Gasteiger partial charge < -0.3 is 9.47 Å². The van der Waals surface area contributed by atoms with Crippen LogP contribution in [0.25, 0.3) is 0 Å². The van der Waals surface area contributed by atoms with Gasteiger partial charge in [-0.05, 0) is 37.7 Å². The van der Waals surface area contributed by atoms with Gasteiger partial charge in [-0.3, -0.25) is 9.00 Å². The number of hydrogen-bond acceptors (Lipinski definition) is 4. The van der Waals surface area contributed by atoms with E-state index in [1.807, 2.05) is 0 Å². The van der Waals surface area contributed by atoms with E-state index in [0.29, 0.717) is 11.5 Å². The molecule has 0 unspecified atom stereocenters. The number of ether oxygens (including phenoxy) is 2. The van der Waals surface area contributed by atoms with Crippen molar-refractivity contribution in [1.82, 2.24) is 0 Å². The zero-order valence-electron chi connectivity index (χ0n) is 13.0.